The van der Waals surface area contributed by atoms with Crippen molar-refractivity contribution in [2.45, 2.75) is 70.6 Å². The summed E-state index contributed by atoms with van der Waals surface area (Å²) in [5.74, 6) is -0.582. The minimum atomic E-state index is -0.316. The Morgan fingerprint density at radius 3 is 2.12 bits per heavy atom. The predicted octanol–water partition coefficient (Wildman–Crippen LogP) is 5.39. The molecule has 0 unspecified atom stereocenters. The quantitative estimate of drug-likeness (QED) is 0.198. The zero-order valence-corrected chi connectivity index (χ0v) is 14.9. The summed E-state index contributed by atoms with van der Waals surface area (Å²) >= 11 is 0. The van der Waals surface area contributed by atoms with E-state index in [9.17, 15) is 14.9 Å². The van der Waals surface area contributed by atoms with Crippen LogP contribution < -0.4 is 0 Å². The zero-order valence-electron chi connectivity index (χ0n) is 14.9. The minimum absolute atomic E-state index is 0.176. The molecule has 134 valence electrons. The van der Waals surface area contributed by atoms with E-state index in [0.717, 1.165) is 31.1 Å². The predicted molar refractivity (Wildman–Crippen MR) is 97.8 cm³/mol. The van der Waals surface area contributed by atoms with Gasteiger partial charge in [-0.05, 0) is 12.0 Å². The molecule has 0 aliphatic rings. The van der Waals surface area contributed by atoms with Gasteiger partial charge in [0.2, 0.25) is 6.54 Å². The molecule has 0 radical (unpaired) electrons. The second-order valence-corrected chi connectivity index (χ2v) is 6.60. The van der Waals surface area contributed by atoms with Crippen LogP contribution >= 0.6 is 0 Å². The van der Waals surface area contributed by atoms with Gasteiger partial charge in [-0.2, -0.15) is 0 Å². The van der Waals surface area contributed by atoms with Crippen molar-refractivity contribution in [2.75, 3.05) is 6.54 Å². The van der Waals surface area contributed by atoms with Crippen molar-refractivity contribution in [3.05, 3.63) is 46.0 Å². The highest BCUT2D eigenvalue weighted by Crippen LogP contribution is 2.28. The molecule has 0 heterocycles. The maximum atomic E-state index is 11.5. The van der Waals surface area contributed by atoms with Crippen LogP contribution in [0.4, 0.5) is 0 Å². The number of carbonyl (C=O) groups is 1. The molecule has 0 aliphatic carbocycles. The lowest BCUT2D eigenvalue weighted by atomic mass is 9.83. The molecule has 0 saturated carbocycles. The molecule has 2 atom stereocenters. The van der Waals surface area contributed by atoms with Crippen molar-refractivity contribution >= 4 is 6.29 Å². The second kappa shape index (κ2) is 12.7. The summed E-state index contributed by atoms with van der Waals surface area (Å²) in [5, 5.41) is 11.0. The largest absolute Gasteiger partial charge is 0.303 e. The summed E-state index contributed by atoms with van der Waals surface area (Å²) in [5.41, 5.74) is 0.894. The molecule has 1 aromatic rings. The third-order valence-electron chi connectivity index (χ3n) is 4.66. The van der Waals surface area contributed by atoms with Crippen LogP contribution in [0.2, 0.25) is 0 Å². The average molecular weight is 333 g/mol. The van der Waals surface area contributed by atoms with Crippen LogP contribution in [0.25, 0.3) is 0 Å². The molecule has 0 aliphatic heterocycles. The molecular weight excluding hydrogens is 302 g/mol. The molecule has 1 rings (SSSR count). The zero-order chi connectivity index (χ0) is 17.6. The van der Waals surface area contributed by atoms with Crippen molar-refractivity contribution < 1.29 is 9.72 Å². The maximum Gasteiger partial charge on any atom is 0.211 e. The first kappa shape index (κ1) is 20.3. The number of nitrogens with zero attached hydrogens (tertiary/aromatic N) is 1. The molecule has 24 heavy (non-hydrogen) atoms. The maximum absolute atomic E-state index is 11.5. The van der Waals surface area contributed by atoms with Crippen molar-refractivity contribution in [1.82, 2.24) is 0 Å². The standard InChI is InChI=1S/C20H31NO3/c1-2-3-4-5-6-7-8-10-15-19(17-22)20(16-21(23)24)18-13-11-9-12-14-18/h9,11-14,17,19-20H,2-8,10,15-16H2,1H3/t19-,20+/m0/s1. The van der Waals surface area contributed by atoms with Gasteiger partial charge in [0, 0.05) is 10.8 Å². The van der Waals surface area contributed by atoms with E-state index in [0.29, 0.717) is 0 Å². The van der Waals surface area contributed by atoms with Gasteiger partial charge >= 0.3 is 0 Å². The second-order valence-electron chi connectivity index (χ2n) is 6.60. The number of unbranched alkanes of at least 4 members (excludes halogenated alkanes) is 7. The Hall–Kier alpha value is -1.71. The van der Waals surface area contributed by atoms with Gasteiger partial charge in [0.1, 0.15) is 6.29 Å². The van der Waals surface area contributed by atoms with Gasteiger partial charge in [-0.3, -0.25) is 10.1 Å². The summed E-state index contributed by atoms with van der Waals surface area (Å²) in [4.78, 5) is 22.2. The van der Waals surface area contributed by atoms with E-state index < -0.39 is 0 Å². The molecule has 0 amide bonds. The first-order valence-electron chi connectivity index (χ1n) is 9.31. The fourth-order valence-corrected chi connectivity index (χ4v) is 3.23. The van der Waals surface area contributed by atoms with Crippen molar-refractivity contribution in [3.8, 4) is 0 Å². The number of nitro groups is 1. The summed E-state index contributed by atoms with van der Waals surface area (Å²) in [6.07, 6.45) is 11.4. The van der Waals surface area contributed by atoms with Crippen LogP contribution in [-0.2, 0) is 4.79 Å². The average Bonchev–Trinajstić information content (AvgIpc) is 2.59. The van der Waals surface area contributed by atoms with Gasteiger partial charge in [0.15, 0.2) is 0 Å². The van der Waals surface area contributed by atoms with Gasteiger partial charge < -0.3 is 4.79 Å². The Morgan fingerprint density at radius 2 is 1.58 bits per heavy atom. The monoisotopic (exact) mass is 333 g/mol. The van der Waals surface area contributed by atoms with E-state index in [1.807, 2.05) is 30.3 Å². The van der Waals surface area contributed by atoms with Crippen LogP contribution in [0.3, 0.4) is 0 Å². The molecule has 1 aromatic carbocycles. The number of benzene rings is 1. The van der Waals surface area contributed by atoms with E-state index in [-0.39, 0.29) is 23.3 Å². The Morgan fingerprint density at radius 1 is 1.00 bits per heavy atom. The molecule has 0 saturated heterocycles. The van der Waals surface area contributed by atoms with E-state index in [1.165, 1.54) is 38.5 Å². The molecular formula is C20H31NO3. The van der Waals surface area contributed by atoms with E-state index >= 15 is 0 Å². The van der Waals surface area contributed by atoms with E-state index in [2.05, 4.69) is 6.92 Å². The van der Waals surface area contributed by atoms with Crippen LogP contribution in [-0.4, -0.2) is 17.8 Å². The Bertz CT molecular complexity index is 461. The Kier molecular flexibility index (Phi) is 10.7. The normalized spacial score (nSPS) is 13.4. The van der Waals surface area contributed by atoms with Crippen LogP contribution in [0.15, 0.2) is 30.3 Å². The smallest absolute Gasteiger partial charge is 0.211 e. The minimum Gasteiger partial charge on any atom is -0.303 e. The lowest BCUT2D eigenvalue weighted by Gasteiger charge is -2.20. The highest BCUT2D eigenvalue weighted by molar-refractivity contribution is 5.56. The molecule has 4 heteroatoms. The summed E-state index contributed by atoms with van der Waals surface area (Å²) in [7, 11) is 0. The Balaban J connectivity index is 2.43. The lowest BCUT2D eigenvalue weighted by molar-refractivity contribution is -0.484. The van der Waals surface area contributed by atoms with Crippen LogP contribution in [0.5, 0.6) is 0 Å². The Labute approximate surface area is 145 Å². The van der Waals surface area contributed by atoms with Crippen LogP contribution in [0.1, 0.15) is 76.2 Å². The third kappa shape index (κ3) is 8.23. The number of carbonyl (C=O) groups excluding carboxylic acids is 1. The van der Waals surface area contributed by atoms with Gasteiger partial charge in [-0.25, -0.2) is 0 Å². The van der Waals surface area contributed by atoms with Crippen molar-refractivity contribution in [2.24, 2.45) is 5.92 Å². The van der Waals surface area contributed by atoms with Gasteiger partial charge in [0.25, 0.3) is 0 Å². The number of hydrogen-bond acceptors (Lipinski definition) is 3. The SMILES string of the molecule is CCCCCCCCCC[C@@H](C=O)[C@H](C[N+](=O)[O-])c1ccccc1. The van der Waals surface area contributed by atoms with Crippen molar-refractivity contribution in [3.63, 3.8) is 0 Å². The summed E-state index contributed by atoms with van der Waals surface area (Å²) in [6, 6.07) is 9.42. The molecule has 0 fully saturated rings. The van der Waals surface area contributed by atoms with E-state index in [4.69, 9.17) is 0 Å². The highest BCUT2D eigenvalue weighted by Gasteiger charge is 2.27. The fraction of sp³-hybridized carbons (Fsp3) is 0.650. The van der Waals surface area contributed by atoms with Crippen molar-refractivity contribution in [1.29, 1.82) is 0 Å². The molecule has 0 aromatic heterocycles. The number of rotatable bonds is 14. The fourth-order valence-electron chi connectivity index (χ4n) is 3.23. The topological polar surface area (TPSA) is 60.2 Å². The molecule has 0 spiro atoms. The third-order valence-corrected chi connectivity index (χ3v) is 4.66. The first-order valence-corrected chi connectivity index (χ1v) is 9.31. The molecule has 0 N–H and O–H groups in total. The van der Waals surface area contributed by atoms with Crippen LogP contribution in [0, 0.1) is 16.0 Å². The first-order chi connectivity index (χ1) is 11.7. The summed E-state index contributed by atoms with van der Waals surface area (Å²) in [6.45, 7) is 2.04. The van der Waals surface area contributed by atoms with Gasteiger partial charge in [-0.1, -0.05) is 88.6 Å². The number of hydrogen-bond donors (Lipinski definition) is 0. The van der Waals surface area contributed by atoms with E-state index in [1.54, 1.807) is 0 Å². The highest BCUT2D eigenvalue weighted by atomic mass is 16.6. The molecule has 4 nitrogen and oxygen atoms in total. The van der Waals surface area contributed by atoms with Gasteiger partial charge in [0.05, 0.1) is 5.92 Å². The number of aldehydes is 1. The van der Waals surface area contributed by atoms with Gasteiger partial charge in [-0.15, -0.1) is 0 Å². The lowest BCUT2D eigenvalue weighted by Crippen LogP contribution is -2.22. The molecule has 0 bridgehead atoms. The summed E-state index contributed by atoms with van der Waals surface area (Å²) < 4.78 is 0.